The summed E-state index contributed by atoms with van der Waals surface area (Å²) in [5.41, 5.74) is 0. The molecule has 13 nitrogen and oxygen atoms in total. The van der Waals surface area contributed by atoms with Gasteiger partial charge in [-0.15, -0.1) is 0 Å². The maximum Gasteiger partial charge on any atom is 0.397 e. The summed E-state index contributed by atoms with van der Waals surface area (Å²) in [4.78, 5) is 13.1. The second-order valence-corrected chi connectivity index (χ2v) is 18.6. The Morgan fingerprint density at radius 2 is 1.06 bits per heavy atom. The number of allylic oxidation sites excluding steroid dienone is 3. The summed E-state index contributed by atoms with van der Waals surface area (Å²) in [5, 5.41) is 55.3. The van der Waals surface area contributed by atoms with Crippen molar-refractivity contribution in [3.05, 3.63) is 24.3 Å². The molecular formula is C48H91NO12S. The SMILES string of the molecule is CCCCCCCC/C=C\CCCCCCCCCCCCC(O)C(=O)NC(CO[C@@H]1O[C@H](CO)[C@H](O)[C@H](OS(=O)(=O)O)[C@H]1O)C(O)/C=C\CCCCCCCCCCCCC. The number of aliphatic hydroxyl groups excluding tert-OH is 5. The van der Waals surface area contributed by atoms with E-state index in [0.29, 0.717) is 12.8 Å². The van der Waals surface area contributed by atoms with Gasteiger partial charge < -0.3 is 40.3 Å². The van der Waals surface area contributed by atoms with Gasteiger partial charge in [-0.3, -0.25) is 9.35 Å². The van der Waals surface area contributed by atoms with Gasteiger partial charge in [0.1, 0.15) is 30.5 Å². The Balaban J connectivity index is 2.50. The Morgan fingerprint density at radius 1 is 0.645 bits per heavy atom. The Hall–Kier alpha value is -1.46. The highest BCUT2D eigenvalue weighted by molar-refractivity contribution is 7.80. The predicted molar refractivity (Wildman–Crippen MR) is 247 cm³/mol. The van der Waals surface area contributed by atoms with Gasteiger partial charge in [-0.25, -0.2) is 4.18 Å². The van der Waals surface area contributed by atoms with Crippen LogP contribution in [0.2, 0.25) is 0 Å². The van der Waals surface area contributed by atoms with Gasteiger partial charge in [0.2, 0.25) is 5.91 Å². The van der Waals surface area contributed by atoms with Gasteiger partial charge in [-0.05, 0) is 44.9 Å². The zero-order valence-corrected chi connectivity index (χ0v) is 39.6. The molecule has 366 valence electrons. The molecule has 14 heteroatoms. The van der Waals surface area contributed by atoms with E-state index >= 15 is 0 Å². The standard InChI is InChI=1S/C48H91NO12S/c1-3-5-7-9-11-13-15-17-18-19-20-21-22-23-25-27-29-31-33-35-37-42(52)47(55)49-40(41(51)36-34-32-30-28-26-24-16-14-12-10-8-6-4-2)39-59-48-45(54)46(61-62(56,57)58)44(53)43(38-50)60-48/h17-18,34,36,40-46,48,50-54H,3-16,19-33,35,37-39H2,1-2H3,(H,49,55)(H,56,57,58)/b18-17-,36-34-/t40?,41?,42?,43-,44+,45-,46+,48-/m1/s1. The molecule has 0 radical (unpaired) electrons. The van der Waals surface area contributed by atoms with E-state index < -0.39 is 78.5 Å². The van der Waals surface area contributed by atoms with Gasteiger partial charge in [-0.1, -0.05) is 192 Å². The molecule has 1 aliphatic rings. The molecule has 0 saturated carbocycles. The first-order valence-electron chi connectivity index (χ1n) is 24.8. The van der Waals surface area contributed by atoms with Crippen molar-refractivity contribution in [3.63, 3.8) is 0 Å². The Labute approximate surface area is 376 Å². The minimum Gasteiger partial charge on any atom is -0.394 e. The van der Waals surface area contributed by atoms with Crippen LogP contribution in [0.15, 0.2) is 24.3 Å². The minimum absolute atomic E-state index is 0.243. The summed E-state index contributed by atoms with van der Waals surface area (Å²) in [7, 11) is -5.12. The molecule has 1 aliphatic heterocycles. The highest BCUT2D eigenvalue weighted by atomic mass is 32.3. The minimum atomic E-state index is -5.12. The number of ether oxygens (including phenoxy) is 2. The summed E-state index contributed by atoms with van der Waals surface area (Å²) in [6.07, 6.45) is 32.6. The fraction of sp³-hybridized carbons (Fsp3) is 0.896. The molecule has 1 amide bonds. The molecule has 1 saturated heterocycles. The maximum atomic E-state index is 13.1. The topological polar surface area (TPSA) is 212 Å². The first-order chi connectivity index (χ1) is 29.9. The Bertz CT molecular complexity index is 1220. The molecule has 1 rings (SSSR count). The molecule has 3 unspecified atom stereocenters. The van der Waals surface area contributed by atoms with Crippen LogP contribution in [0.5, 0.6) is 0 Å². The summed E-state index contributed by atoms with van der Waals surface area (Å²) < 4.78 is 47.5. The molecule has 0 spiro atoms. The highest BCUT2D eigenvalue weighted by Crippen LogP contribution is 2.26. The van der Waals surface area contributed by atoms with Crippen molar-refractivity contribution < 1.29 is 57.0 Å². The van der Waals surface area contributed by atoms with E-state index in [1.165, 1.54) is 147 Å². The fourth-order valence-corrected chi connectivity index (χ4v) is 8.38. The number of hydrogen-bond donors (Lipinski definition) is 7. The Morgan fingerprint density at radius 3 is 1.50 bits per heavy atom. The van der Waals surface area contributed by atoms with Gasteiger partial charge >= 0.3 is 10.4 Å². The number of carbonyl (C=O) groups excluding carboxylic acids is 1. The first kappa shape index (κ1) is 58.6. The van der Waals surface area contributed by atoms with Crippen molar-refractivity contribution >= 4 is 16.3 Å². The van der Waals surface area contributed by atoms with E-state index in [9.17, 15) is 43.3 Å². The van der Waals surface area contributed by atoms with E-state index in [1.807, 2.05) is 6.08 Å². The van der Waals surface area contributed by atoms with E-state index in [2.05, 4.69) is 35.5 Å². The Kier molecular flexibility index (Phi) is 36.6. The molecule has 0 aromatic carbocycles. The molecule has 8 atom stereocenters. The average molecular weight is 906 g/mol. The highest BCUT2D eigenvalue weighted by Gasteiger charge is 2.48. The number of carbonyl (C=O) groups is 1. The second kappa shape index (κ2) is 38.8. The number of rotatable bonds is 42. The van der Waals surface area contributed by atoms with E-state index in [1.54, 1.807) is 0 Å². The van der Waals surface area contributed by atoms with Crippen molar-refractivity contribution in [2.45, 2.75) is 262 Å². The lowest BCUT2D eigenvalue weighted by molar-refractivity contribution is -0.298. The normalized spacial score (nSPS) is 21.2. The third kappa shape index (κ3) is 30.6. The number of aliphatic hydroxyl groups is 5. The van der Waals surface area contributed by atoms with Crippen LogP contribution in [0.4, 0.5) is 0 Å². The molecule has 1 fully saturated rings. The maximum absolute atomic E-state index is 13.1. The van der Waals surface area contributed by atoms with Crippen molar-refractivity contribution in [2.75, 3.05) is 13.2 Å². The molecule has 0 aromatic heterocycles. The van der Waals surface area contributed by atoms with Gasteiger partial charge in [0.15, 0.2) is 6.29 Å². The zero-order chi connectivity index (χ0) is 45.7. The number of nitrogens with one attached hydrogen (secondary N) is 1. The lowest BCUT2D eigenvalue weighted by atomic mass is 9.99. The lowest BCUT2D eigenvalue weighted by Gasteiger charge is -2.41. The molecule has 0 bridgehead atoms. The summed E-state index contributed by atoms with van der Waals surface area (Å²) >= 11 is 0. The monoisotopic (exact) mass is 906 g/mol. The predicted octanol–water partition coefficient (Wildman–Crippen LogP) is 9.08. The van der Waals surface area contributed by atoms with Crippen LogP contribution in [0.3, 0.4) is 0 Å². The third-order valence-electron chi connectivity index (χ3n) is 11.8. The molecular weight excluding hydrogens is 815 g/mol. The van der Waals surface area contributed by atoms with Crippen LogP contribution >= 0.6 is 0 Å². The first-order valence-corrected chi connectivity index (χ1v) is 26.2. The van der Waals surface area contributed by atoms with E-state index in [4.69, 9.17) is 9.47 Å². The van der Waals surface area contributed by atoms with Crippen LogP contribution in [0.1, 0.15) is 213 Å². The second-order valence-electron chi connectivity index (χ2n) is 17.5. The molecule has 0 aromatic rings. The molecule has 62 heavy (non-hydrogen) atoms. The van der Waals surface area contributed by atoms with E-state index in [-0.39, 0.29) is 6.42 Å². The van der Waals surface area contributed by atoms with Crippen LogP contribution < -0.4 is 5.32 Å². The third-order valence-corrected chi connectivity index (χ3v) is 12.3. The number of unbranched alkanes of at least 4 members (excludes halogenated alkanes) is 27. The van der Waals surface area contributed by atoms with Crippen molar-refractivity contribution in [2.24, 2.45) is 0 Å². The van der Waals surface area contributed by atoms with Crippen molar-refractivity contribution in [3.8, 4) is 0 Å². The fourth-order valence-electron chi connectivity index (χ4n) is 7.87. The molecule has 1 heterocycles. The van der Waals surface area contributed by atoms with Gasteiger partial charge in [-0.2, -0.15) is 8.42 Å². The van der Waals surface area contributed by atoms with Gasteiger partial charge in [0.25, 0.3) is 0 Å². The lowest BCUT2D eigenvalue weighted by Crippen LogP contribution is -2.61. The van der Waals surface area contributed by atoms with E-state index in [0.717, 1.165) is 38.5 Å². The zero-order valence-electron chi connectivity index (χ0n) is 38.8. The summed E-state index contributed by atoms with van der Waals surface area (Å²) in [6.45, 7) is 3.21. The van der Waals surface area contributed by atoms with Crippen molar-refractivity contribution in [1.82, 2.24) is 5.32 Å². The largest absolute Gasteiger partial charge is 0.397 e. The van der Waals surface area contributed by atoms with Crippen LogP contribution in [-0.2, 0) is 28.9 Å². The average Bonchev–Trinajstić information content (AvgIpc) is 3.24. The molecule has 0 aliphatic carbocycles. The summed E-state index contributed by atoms with van der Waals surface area (Å²) in [6, 6.07) is -1.12. The quantitative estimate of drug-likeness (QED) is 0.0174. The van der Waals surface area contributed by atoms with Crippen LogP contribution in [0.25, 0.3) is 0 Å². The number of hydrogen-bond acceptors (Lipinski definition) is 11. The van der Waals surface area contributed by atoms with Crippen molar-refractivity contribution in [1.29, 1.82) is 0 Å². The van der Waals surface area contributed by atoms with Gasteiger partial charge in [0, 0.05) is 0 Å². The summed E-state index contributed by atoms with van der Waals surface area (Å²) in [5.74, 6) is -0.703. The smallest absolute Gasteiger partial charge is 0.394 e. The van der Waals surface area contributed by atoms with Gasteiger partial charge in [0.05, 0.1) is 25.4 Å². The van der Waals surface area contributed by atoms with Crippen LogP contribution in [-0.4, -0.2) is 107 Å². The van der Waals surface area contributed by atoms with Crippen LogP contribution in [0, 0.1) is 0 Å². The molecule has 7 N–H and O–H groups in total. The number of amides is 1.